The van der Waals surface area contributed by atoms with Crippen molar-refractivity contribution in [3.8, 4) is 11.4 Å². The third-order valence-corrected chi connectivity index (χ3v) is 5.10. The number of Topliss-reactive ketones (excluding diaryl/α,β-unsaturated/α-hetero) is 1. The van der Waals surface area contributed by atoms with Crippen molar-refractivity contribution in [2.24, 2.45) is 0 Å². The van der Waals surface area contributed by atoms with E-state index in [1.54, 1.807) is 10.7 Å². The monoisotopic (exact) mass is 375 g/mol. The Bertz CT molecular complexity index is 1120. The van der Waals surface area contributed by atoms with Crippen LogP contribution < -0.4 is 0 Å². The first-order valence-corrected chi connectivity index (χ1v) is 9.47. The number of carbonyl (C=O) groups is 1. The molecule has 0 N–H and O–H groups in total. The number of hydrogen-bond donors (Lipinski definition) is 0. The largest absolute Gasteiger partial charge is 0.293 e. The quantitative estimate of drug-likeness (QED) is 0.390. The molecule has 0 unspecified atom stereocenters. The maximum absolute atomic E-state index is 12.6. The van der Waals surface area contributed by atoms with Crippen molar-refractivity contribution in [2.75, 3.05) is 5.75 Å². The molecule has 0 saturated heterocycles. The fraction of sp³-hybridized carbons (Fsp3) is 0.150. The average molecular weight is 375 g/mol. The number of rotatable bonds is 5. The van der Waals surface area contributed by atoms with E-state index in [1.807, 2.05) is 62.4 Å². The van der Waals surface area contributed by atoms with E-state index in [1.165, 1.54) is 11.8 Å². The first-order valence-electron chi connectivity index (χ1n) is 8.49. The molecule has 0 atom stereocenters. The summed E-state index contributed by atoms with van der Waals surface area (Å²) < 4.78 is 1.66. The van der Waals surface area contributed by atoms with Gasteiger partial charge in [0.2, 0.25) is 5.16 Å². The number of aromatic nitrogens is 5. The second kappa shape index (κ2) is 7.28. The third kappa shape index (κ3) is 3.59. The molecule has 3 aromatic heterocycles. The molecule has 0 fully saturated rings. The molecule has 0 saturated carbocycles. The molecule has 7 heteroatoms. The average Bonchev–Trinajstić information content (AvgIpc) is 3.09. The van der Waals surface area contributed by atoms with E-state index in [0.29, 0.717) is 10.8 Å². The summed E-state index contributed by atoms with van der Waals surface area (Å²) in [7, 11) is 0. The minimum atomic E-state index is 0.0649. The number of nitrogens with zero attached hydrogens (tertiary/aromatic N) is 5. The molecule has 134 valence electrons. The lowest BCUT2D eigenvalue weighted by Crippen LogP contribution is -2.06. The molecular formula is C20H17N5OS. The van der Waals surface area contributed by atoms with Crippen LogP contribution in [0.1, 0.15) is 21.5 Å². The molecule has 0 aliphatic rings. The van der Waals surface area contributed by atoms with E-state index in [4.69, 9.17) is 0 Å². The molecule has 0 amide bonds. The van der Waals surface area contributed by atoms with E-state index in [0.717, 1.165) is 28.1 Å². The molecule has 27 heavy (non-hydrogen) atoms. The van der Waals surface area contributed by atoms with Crippen LogP contribution in [0.3, 0.4) is 0 Å². The Morgan fingerprint density at radius 1 is 1.04 bits per heavy atom. The van der Waals surface area contributed by atoms with E-state index in [2.05, 4.69) is 20.3 Å². The Hall–Kier alpha value is -3.06. The van der Waals surface area contributed by atoms with Gasteiger partial charge in [-0.2, -0.15) is 9.61 Å². The topological polar surface area (TPSA) is 73.0 Å². The first-order chi connectivity index (χ1) is 13.1. The summed E-state index contributed by atoms with van der Waals surface area (Å²) in [4.78, 5) is 16.9. The highest BCUT2D eigenvalue weighted by atomic mass is 32.2. The van der Waals surface area contributed by atoms with Gasteiger partial charge in [0.25, 0.3) is 0 Å². The van der Waals surface area contributed by atoms with Crippen LogP contribution in [0.5, 0.6) is 0 Å². The molecule has 4 aromatic rings. The molecule has 0 bridgehead atoms. The van der Waals surface area contributed by atoms with Crippen LogP contribution in [0.2, 0.25) is 0 Å². The molecule has 1 aromatic carbocycles. The SMILES string of the molecule is Cc1ccc(C(=O)CSc2nnc3ccc(-c4ccccn4)nn23)c(C)c1. The highest BCUT2D eigenvalue weighted by Crippen LogP contribution is 2.21. The number of benzene rings is 1. The number of aryl methyl sites for hydroxylation is 2. The number of hydrogen-bond acceptors (Lipinski definition) is 6. The van der Waals surface area contributed by atoms with Crippen LogP contribution in [0.4, 0.5) is 0 Å². The summed E-state index contributed by atoms with van der Waals surface area (Å²) in [6, 6.07) is 15.2. The molecule has 6 nitrogen and oxygen atoms in total. The van der Waals surface area contributed by atoms with Crippen LogP contribution in [0, 0.1) is 13.8 Å². The zero-order valence-corrected chi connectivity index (χ0v) is 15.8. The molecular weight excluding hydrogens is 358 g/mol. The van der Waals surface area contributed by atoms with Gasteiger partial charge in [-0.05, 0) is 43.7 Å². The van der Waals surface area contributed by atoms with Crippen LogP contribution in [0.15, 0.2) is 59.9 Å². The lowest BCUT2D eigenvalue weighted by molar-refractivity contribution is 0.102. The van der Waals surface area contributed by atoms with Gasteiger partial charge >= 0.3 is 0 Å². The summed E-state index contributed by atoms with van der Waals surface area (Å²) in [6.45, 7) is 3.97. The van der Waals surface area contributed by atoms with Crippen molar-refractivity contribution >= 4 is 23.2 Å². The minimum absolute atomic E-state index is 0.0649. The van der Waals surface area contributed by atoms with Crippen LogP contribution >= 0.6 is 11.8 Å². The van der Waals surface area contributed by atoms with Gasteiger partial charge in [0.05, 0.1) is 11.4 Å². The Kier molecular flexibility index (Phi) is 4.68. The van der Waals surface area contributed by atoms with Crippen molar-refractivity contribution in [1.82, 2.24) is 24.8 Å². The number of carbonyl (C=O) groups excluding carboxylic acids is 1. The standard InChI is InChI=1S/C20H17N5OS/c1-13-6-7-15(14(2)11-13)18(26)12-27-20-23-22-19-9-8-17(24-25(19)20)16-5-3-4-10-21-16/h3-11H,12H2,1-2H3. The first kappa shape index (κ1) is 17.4. The third-order valence-electron chi connectivity index (χ3n) is 4.18. The molecule has 0 radical (unpaired) electrons. The Morgan fingerprint density at radius 2 is 1.93 bits per heavy atom. The number of ketones is 1. The summed E-state index contributed by atoms with van der Waals surface area (Å²) in [6.07, 6.45) is 1.73. The molecule has 4 rings (SSSR count). The lowest BCUT2D eigenvalue weighted by Gasteiger charge is -2.05. The van der Waals surface area contributed by atoms with E-state index in [-0.39, 0.29) is 11.5 Å². The Morgan fingerprint density at radius 3 is 2.70 bits per heavy atom. The lowest BCUT2D eigenvalue weighted by atomic mass is 10.0. The maximum Gasteiger partial charge on any atom is 0.212 e. The minimum Gasteiger partial charge on any atom is -0.293 e. The molecule has 0 spiro atoms. The van der Waals surface area contributed by atoms with Gasteiger partial charge in [-0.1, -0.05) is 41.6 Å². The van der Waals surface area contributed by atoms with Crippen LogP contribution in [0.25, 0.3) is 17.0 Å². The van der Waals surface area contributed by atoms with Gasteiger partial charge in [-0.25, -0.2) is 0 Å². The van der Waals surface area contributed by atoms with Crippen molar-refractivity contribution in [2.45, 2.75) is 19.0 Å². The van der Waals surface area contributed by atoms with E-state index in [9.17, 15) is 4.79 Å². The number of pyridine rings is 1. The van der Waals surface area contributed by atoms with Crippen molar-refractivity contribution in [3.63, 3.8) is 0 Å². The molecule has 3 heterocycles. The van der Waals surface area contributed by atoms with Crippen LogP contribution in [-0.2, 0) is 0 Å². The van der Waals surface area contributed by atoms with Crippen molar-refractivity contribution in [3.05, 3.63) is 71.4 Å². The maximum atomic E-state index is 12.6. The Balaban J connectivity index is 1.58. The summed E-state index contributed by atoms with van der Waals surface area (Å²) in [5.74, 6) is 0.343. The fourth-order valence-corrected chi connectivity index (χ4v) is 3.62. The van der Waals surface area contributed by atoms with Gasteiger partial charge in [-0.3, -0.25) is 9.78 Å². The zero-order chi connectivity index (χ0) is 18.8. The number of fused-ring (bicyclic) bond motifs is 1. The van der Waals surface area contributed by atoms with Crippen molar-refractivity contribution < 1.29 is 4.79 Å². The Labute approximate surface area is 160 Å². The molecule has 0 aliphatic carbocycles. The second-order valence-electron chi connectivity index (χ2n) is 6.22. The van der Waals surface area contributed by atoms with Gasteiger partial charge in [0.1, 0.15) is 5.69 Å². The predicted molar refractivity (Wildman–Crippen MR) is 105 cm³/mol. The predicted octanol–water partition coefficient (Wildman–Crippen LogP) is 3.78. The highest BCUT2D eigenvalue weighted by Gasteiger charge is 2.14. The number of thioether (sulfide) groups is 1. The fourth-order valence-electron chi connectivity index (χ4n) is 2.84. The van der Waals surface area contributed by atoms with Gasteiger partial charge in [0.15, 0.2) is 11.4 Å². The van der Waals surface area contributed by atoms with Gasteiger partial charge < -0.3 is 0 Å². The van der Waals surface area contributed by atoms with E-state index < -0.39 is 0 Å². The smallest absolute Gasteiger partial charge is 0.212 e. The highest BCUT2D eigenvalue weighted by molar-refractivity contribution is 7.99. The summed E-state index contributed by atoms with van der Waals surface area (Å²) >= 11 is 1.33. The second-order valence-corrected chi connectivity index (χ2v) is 7.16. The van der Waals surface area contributed by atoms with Crippen LogP contribution in [-0.4, -0.2) is 36.3 Å². The normalized spacial score (nSPS) is 11.0. The van der Waals surface area contributed by atoms with E-state index >= 15 is 0 Å². The zero-order valence-electron chi connectivity index (χ0n) is 15.0. The summed E-state index contributed by atoms with van der Waals surface area (Å²) in [5.41, 5.74) is 5.01. The van der Waals surface area contributed by atoms with Crippen molar-refractivity contribution in [1.29, 1.82) is 0 Å². The van der Waals surface area contributed by atoms with Gasteiger partial charge in [-0.15, -0.1) is 10.2 Å². The molecule has 0 aliphatic heterocycles. The summed E-state index contributed by atoms with van der Waals surface area (Å²) in [5, 5.41) is 13.5. The van der Waals surface area contributed by atoms with Gasteiger partial charge in [0, 0.05) is 11.8 Å².